The Kier molecular flexibility index (Phi) is 9.88. The predicted molar refractivity (Wildman–Crippen MR) is 159 cm³/mol. The zero-order chi connectivity index (χ0) is 29.6. The number of rotatable bonds is 13. The molecule has 2 aromatic carbocycles. The summed E-state index contributed by atoms with van der Waals surface area (Å²) in [4.78, 5) is 33.4. The van der Waals surface area contributed by atoms with Crippen molar-refractivity contribution in [3.63, 3.8) is 0 Å². The van der Waals surface area contributed by atoms with Gasteiger partial charge in [-0.1, -0.05) is 24.3 Å². The maximum Gasteiger partial charge on any atom is 0.307 e. The van der Waals surface area contributed by atoms with Crippen LogP contribution in [0.2, 0.25) is 0 Å². The number of carbonyl (C=O) groups is 2. The number of hydrogen-bond acceptors (Lipinski definition) is 9. The number of benzene rings is 2. The van der Waals surface area contributed by atoms with E-state index < -0.39 is 11.0 Å². The number of hydrogen-bond donors (Lipinski definition) is 2. The first kappa shape index (κ1) is 30.7. The SMILES string of the molecule is COc1cc2sc(CNC(=O)C3(CC(=O)OC(C)(C)C)Cc4ccccc4C3)nc2cc1OCCCN(C)CCO. The third-order valence-electron chi connectivity index (χ3n) is 7.10. The molecule has 1 aliphatic rings. The van der Waals surface area contributed by atoms with Crippen LogP contribution in [0.5, 0.6) is 11.5 Å². The first-order chi connectivity index (χ1) is 19.5. The maximum atomic E-state index is 13.7. The van der Waals surface area contributed by atoms with Crippen LogP contribution in [0.1, 0.15) is 49.7 Å². The van der Waals surface area contributed by atoms with Crippen molar-refractivity contribution in [3.05, 3.63) is 52.5 Å². The number of esters is 1. The molecule has 222 valence electrons. The molecular formula is C31H41N3O6S. The third kappa shape index (κ3) is 7.96. The van der Waals surface area contributed by atoms with Gasteiger partial charge in [0.1, 0.15) is 10.6 Å². The number of ether oxygens (including phenoxy) is 3. The van der Waals surface area contributed by atoms with Crippen molar-refractivity contribution in [3.8, 4) is 11.5 Å². The van der Waals surface area contributed by atoms with Crippen molar-refractivity contribution < 1.29 is 28.9 Å². The van der Waals surface area contributed by atoms with E-state index in [1.54, 1.807) is 7.11 Å². The number of nitrogens with one attached hydrogen (secondary N) is 1. The molecule has 10 heteroatoms. The zero-order valence-corrected chi connectivity index (χ0v) is 25.4. The Labute approximate surface area is 245 Å². The van der Waals surface area contributed by atoms with Crippen molar-refractivity contribution in [2.75, 3.05) is 40.5 Å². The molecule has 1 aromatic heterocycles. The van der Waals surface area contributed by atoms with Gasteiger partial charge in [0, 0.05) is 25.2 Å². The molecule has 0 unspecified atom stereocenters. The molecule has 9 nitrogen and oxygen atoms in total. The number of aliphatic hydroxyl groups is 1. The van der Waals surface area contributed by atoms with E-state index in [9.17, 15) is 9.59 Å². The smallest absolute Gasteiger partial charge is 0.307 e. The Morgan fingerprint density at radius 3 is 2.46 bits per heavy atom. The van der Waals surface area contributed by atoms with Gasteiger partial charge < -0.3 is 29.5 Å². The van der Waals surface area contributed by atoms with E-state index >= 15 is 0 Å². The number of carbonyl (C=O) groups excluding carboxylic acids is 2. The highest BCUT2D eigenvalue weighted by Gasteiger charge is 2.46. The van der Waals surface area contributed by atoms with Gasteiger partial charge in [0.25, 0.3) is 0 Å². The molecule has 0 saturated carbocycles. The summed E-state index contributed by atoms with van der Waals surface area (Å²) in [6.07, 6.45) is 1.79. The minimum Gasteiger partial charge on any atom is -0.493 e. The van der Waals surface area contributed by atoms with Crippen LogP contribution in [-0.2, 0) is 33.7 Å². The van der Waals surface area contributed by atoms with E-state index in [0.29, 0.717) is 37.5 Å². The average Bonchev–Trinajstić information content (AvgIpc) is 3.48. The van der Waals surface area contributed by atoms with Gasteiger partial charge in [-0.15, -0.1) is 11.3 Å². The highest BCUT2D eigenvalue weighted by atomic mass is 32.1. The van der Waals surface area contributed by atoms with Crippen LogP contribution in [0.3, 0.4) is 0 Å². The summed E-state index contributed by atoms with van der Waals surface area (Å²) in [7, 11) is 3.57. The monoisotopic (exact) mass is 583 g/mol. The quantitative estimate of drug-likeness (QED) is 0.228. The molecule has 0 aliphatic heterocycles. The van der Waals surface area contributed by atoms with Crippen molar-refractivity contribution in [1.82, 2.24) is 15.2 Å². The third-order valence-corrected chi connectivity index (χ3v) is 8.12. The molecule has 1 aliphatic carbocycles. The summed E-state index contributed by atoms with van der Waals surface area (Å²) in [5, 5.41) is 12.9. The summed E-state index contributed by atoms with van der Waals surface area (Å²) in [5.41, 5.74) is 1.42. The fourth-order valence-corrected chi connectivity index (χ4v) is 6.11. The Hall–Kier alpha value is -3.21. The van der Waals surface area contributed by atoms with Crippen molar-refractivity contribution in [2.45, 2.75) is 58.6 Å². The molecule has 0 atom stereocenters. The number of amides is 1. The van der Waals surface area contributed by atoms with Crippen LogP contribution in [0, 0.1) is 5.41 Å². The minimum atomic E-state index is -0.905. The van der Waals surface area contributed by atoms with Gasteiger partial charge >= 0.3 is 5.97 Å². The molecule has 3 aromatic rings. The largest absolute Gasteiger partial charge is 0.493 e. The molecule has 0 bridgehead atoms. The fraction of sp³-hybridized carbons (Fsp3) is 0.516. The minimum absolute atomic E-state index is 0.0122. The van der Waals surface area contributed by atoms with E-state index in [4.69, 9.17) is 24.3 Å². The van der Waals surface area contributed by atoms with Crippen LogP contribution >= 0.6 is 11.3 Å². The molecule has 0 fully saturated rings. The Bertz CT molecular complexity index is 1340. The first-order valence-electron chi connectivity index (χ1n) is 14.0. The van der Waals surface area contributed by atoms with Gasteiger partial charge in [-0.05, 0) is 58.2 Å². The average molecular weight is 584 g/mol. The van der Waals surface area contributed by atoms with Crippen LogP contribution in [-0.4, -0.2) is 72.9 Å². The molecule has 2 N–H and O–H groups in total. The number of aromatic nitrogens is 1. The summed E-state index contributed by atoms with van der Waals surface area (Å²) in [6, 6.07) is 11.7. The van der Waals surface area contributed by atoms with E-state index in [1.807, 2.05) is 69.1 Å². The van der Waals surface area contributed by atoms with Crippen LogP contribution in [0.25, 0.3) is 10.2 Å². The first-order valence-corrected chi connectivity index (χ1v) is 14.8. The lowest BCUT2D eigenvalue weighted by atomic mass is 9.80. The van der Waals surface area contributed by atoms with Crippen LogP contribution < -0.4 is 14.8 Å². The summed E-state index contributed by atoms with van der Waals surface area (Å²) in [5.74, 6) is 0.693. The summed E-state index contributed by atoms with van der Waals surface area (Å²) < 4.78 is 18.1. The molecule has 41 heavy (non-hydrogen) atoms. The summed E-state index contributed by atoms with van der Waals surface area (Å²) >= 11 is 1.48. The molecule has 1 heterocycles. The molecular weight excluding hydrogens is 542 g/mol. The summed E-state index contributed by atoms with van der Waals surface area (Å²) in [6.45, 7) is 7.82. The van der Waals surface area contributed by atoms with Gasteiger partial charge in [0.05, 0.1) is 48.9 Å². The second kappa shape index (κ2) is 13.2. The highest BCUT2D eigenvalue weighted by Crippen LogP contribution is 2.41. The second-order valence-corrected chi connectivity index (χ2v) is 12.8. The molecule has 4 rings (SSSR count). The van der Waals surface area contributed by atoms with Crippen molar-refractivity contribution in [2.24, 2.45) is 5.41 Å². The number of nitrogens with zero attached hydrogens (tertiary/aromatic N) is 2. The lowest BCUT2D eigenvalue weighted by molar-refractivity contribution is -0.160. The maximum absolute atomic E-state index is 13.7. The van der Waals surface area contributed by atoms with E-state index in [2.05, 4.69) is 5.32 Å². The fourth-order valence-electron chi connectivity index (χ4n) is 5.19. The standard InChI is InChI=1S/C31H41N3O6S/c1-30(2,3)40-28(36)19-31(17-21-9-6-7-10-22(21)18-31)29(37)32-20-27-33-23-15-25(24(38-5)16-26(23)41-27)39-14-8-11-34(4)12-13-35/h6-7,9-10,15-16,35H,8,11-14,17-20H2,1-5H3,(H,32,37). The Balaban J connectivity index is 1.44. The lowest BCUT2D eigenvalue weighted by Crippen LogP contribution is -2.44. The number of aliphatic hydroxyl groups excluding tert-OH is 1. The lowest BCUT2D eigenvalue weighted by Gasteiger charge is -2.28. The highest BCUT2D eigenvalue weighted by molar-refractivity contribution is 7.18. The van der Waals surface area contributed by atoms with Gasteiger partial charge in [-0.3, -0.25) is 9.59 Å². The molecule has 0 radical (unpaired) electrons. The molecule has 0 spiro atoms. The van der Waals surface area contributed by atoms with E-state index in [-0.39, 0.29) is 31.4 Å². The van der Waals surface area contributed by atoms with Gasteiger partial charge in [0.2, 0.25) is 5.91 Å². The Morgan fingerprint density at radius 1 is 1.12 bits per heavy atom. The molecule has 0 saturated heterocycles. The van der Waals surface area contributed by atoms with Crippen LogP contribution in [0.15, 0.2) is 36.4 Å². The predicted octanol–water partition coefficient (Wildman–Crippen LogP) is 4.13. The van der Waals surface area contributed by atoms with Gasteiger partial charge in [-0.2, -0.15) is 0 Å². The van der Waals surface area contributed by atoms with E-state index in [1.165, 1.54) is 11.3 Å². The van der Waals surface area contributed by atoms with Crippen molar-refractivity contribution in [1.29, 1.82) is 0 Å². The number of likely N-dealkylation sites (N-methyl/N-ethyl adjacent to an activating group) is 1. The zero-order valence-electron chi connectivity index (χ0n) is 24.6. The van der Waals surface area contributed by atoms with Crippen molar-refractivity contribution >= 4 is 33.4 Å². The number of methoxy groups -OCH3 is 1. The molecule has 1 amide bonds. The normalized spacial score (nSPS) is 14.2. The topological polar surface area (TPSA) is 110 Å². The second-order valence-electron chi connectivity index (χ2n) is 11.7. The van der Waals surface area contributed by atoms with Gasteiger partial charge in [-0.25, -0.2) is 4.98 Å². The Morgan fingerprint density at radius 2 is 1.83 bits per heavy atom. The van der Waals surface area contributed by atoms with Crippen LogP contribution in [0.4, 0.5) is 0 Å². The van der Waals surface area contributed by atoms with E-state index in [0.717, 1.165) is 39.3 Å². The van der Waals surface area contributed by atoms with Gasteiger partial charge in [0.15, 0.2) is 11.5 Å². The number of thiazole rings is 1. The number of fused-ring (bicyclic) bond motifs is 2.